The maximum atomic E-state index is 12.4. The van der Waals surface area contributed by atoms with Crippen molar-refractivity contribution >= 4 is 5.97 Å². The van der Waals surface area contributed by atoms with Crippen LogP contribution in [0.2, 0.25) is 0 Å². The van der Waals surface area contributed by atoms with Gasteiger partial charge in [0.15, 0.2) is 0 Å². The Bertz CT molecular complexity index is 489. The maximum Gasteiger partial charge on any atom is 0.416 e. The molecule has 1 aromatic rings. The SMILES string of the molecule is CCOC(=O)Cc1ccc(C(F)(F)F)cc1C#N. The molecule has 0 N–H and O–H groups in total. The summed E-state index contributed by atoms with van der Waals surface area (Å²) in [6, 6.07) is 4.34. The minimum Gasteiger partial charge on any atom is -0.466 e. The molecule has 0 unspecified atom stereocenters. The predicted octanol–water partition coefficient (Wildman–Crippen LogP) is 2.68. The summed E-state index contributed by atoms with van der Waals surface area (Å²) in [4.78, 5) is 11.2. The molecule has 3 nitrogen and oxygen atoms in total. The second-order valence-corrected chi connectivity index (χ2v) is 3.46. The zero-order chi connectivity index (χ0) is 13.8. The Morgan fingerprint density at radius 3 is 2.61 bits per heavy atom. The third kappa shape index (κ3) is 3.48. The molecule has 1 aromatic carbocycles. The highest BCUT2D eigenvalue weighted by Gasteiger charge is 2.31. The van der Waals surface area contributed by atoms with Gasteiger partial charge in [0.1, 0.15) is 0 Å². The molecule has 18 heavy (non-hydrogen) atoms. The molecule has 0 saturated heterocycles. The molecule has 6 heteroatoms. The van der Waals surface area contributed by atoms with Crippen LogP contribution < -0.4 is 0 Å². The molecule has 0 fully saturated rings. The fraction of sp³-hybridized carbons (Fsp3) is 0.333. The Labute approximate surface area is 102 Å². The lowest BCUT2D eigenvalue weighted by Gasteiger charge is -2.09. The van der Waals surface area contributed by atoms with Crippen molar-refractivity contribution in [3.05, 3.63) is 34.9 Å². The molecule has 96 valence electrons. The van der Waals surface area contributed by atoms with Gasteiger partial charge in [-0.15, -0.1) is 0 Å². The van der Waals surface area contributed by atoms with Crippen molar-refractivity contribution in [2.45, 2.75) is 19.5 Å². The number of nitrogens with zero attached hydrogens (tertiary/aromatic N) is 1. The number of halogens is 3. The Hall–Kier alpha value is -2.03. The zero-order valence-corrected chi connectivity index (χ0v) is 9.54. The van der Waals surface area contributed by atoms with Crippen LogP contribution in [-0.4, -0.2) is 12.6 Å². The number of benzene rings is 1. The lowest BCUT2D eigenvalue weighted by Crippen LogP contribution is -2.10. The molecule has 0 saturated carbocycles. The van der Waals surface area contributed by atoms with Crippen LogP contribution in [0.1, 0.15) is 23.6 Å². The molecule has 0 aliphatic rings. The van der Waals surface area contributed by atoms with Crippen LogP contribution in [0.3, 0.4) is 0 Å². The summed E-state index contributed by atoms with van der Waals surface area (Å²) in [5.41, 5.74) is -0.853. The van der Waals surface area contributed by atoms with E-state index >= 15 is 0 Å². The van der Waals surface area contributed by atoms with Crippen molar-refractivity contribution in [1.29, 1.82) is 5.26 Å². The van der Waals surface area contributed by atoms with Crippen LogP contribution in [0.4, 0.5) is 13.2 Å². The van der Waals surface area contributed by atoms with Crippen molar-refractivity contribution in [3.63, 3.8) is 0 Å². The van der Waals surface area contributed by atoms with Crippen molar-refractivity contribution in [2.75, 3.05) is 6.61 Å². The number of nitriles is 1. The summed E-state index contributed by atoms with van der Waals surface area (Å²) in [6.45, 7) is 1.80. The van der Waals surface area contributed by atoms with E-state index in [1.54, 1.807) is 13.0 Å². The fourth-order valence-electron chi connectivity index (χ4n) is 1.38. The van der Waals surface area contributed by atoms with Gasteiger partial charge in [0.05, 0.1) is 30.2 Å². The lowest BCUT2D eigenvalue weighted by molar-refractivity contribution is -0.142. The molecule has 0 spiro atoms. The molecular formula is C12H10F3NO2. The average molecular weight is 257 g/mol. The summed E-state index contributed by atoms with van der Waals surface area (Å²) >= 11 is 0. The van der Waals surface area contributed by atoms with Crippen molar-refractivity contribution < 1.29 is 22.7 Å². The normalized spacial score (nSPS) is 10.8. The molecule has 0 aliphatic carbocycles. The van der Waals surface area contributed by atoms with E-state index in [2.05, 4.69) is 4.74 Å². The molecule has 0 aromatic heterocycles. The van der Waals surface area contributed by atoms with Gasteiger partial charge in [-0.25, -0.2) is 0 Å². The van der Waals surface area contributed by atoms with E-state index in [9.17, 15) is 18.0 Å². The van der Waals surface area contributed by atoms with Crippen LogP contribution in [0.15, 0.2) is 18.2 Å². The average Bonchev–Trinajstić information content (AvgIpc) is 2.28. The molecule has 0 amide bonds. The first-order valence-corrected chi connectivity index (χ1v) is 5.14. The minimum atomic E-state index is -4.51. The Balaban J connectivity index is 3.02. The van der Waals surface area contributed by atoms with Crippen LogP contribution in [0, 0.1) is 11.3 Å². The van der Waals surface area contributed by atoms with Crippen LogP contribution in [-0.2, 0) is 22.1 Å². The van der Waals surface area contributed by atoms with E-state index in [1.807, 2.05) is 0 Å². The summed E-state index contributed by atoms with van der Waals surface area (Å²) < 4.78 is 41.9. The van der Waals surface area contributed by atoms with Gasteiger partial charge in [-0.1, -0.05) is 6.07 Å². The number of carbonyl (C=O) groups excluding carboxylic acids is 1. The number of alkyl halides is 3. The maximum absolute atomic E-state index is 12.4. The van der Waals surface area contributed by atoms with Gasteiger partial charge in [-0.05, 0) is 24.6 Å². The van der Waals surface area contributed by atoms with Crippen molar-refractivity contribution in [3.8, 4) is 6.07 Å². The zero-order valence-electron chi connectivity index (χ0n) is 9.54. The number of rotatable bonds is 3. The summed E-state index contributed by atoms with van der Waals surface area (Å²) in [5.74, 6) is -0.575. The third-order valence-electron chi connectivity index (χ3n) is 2.20. The van der Waals surface area contributed by atoms with Gasteiger partial charge in [0.2, 0.25) is 0 Å². The van der Waals surface area contributed by atoms with Gasteiger partial charge in [0, 0.05) is 0 Å². The Morgan fingerprint density at radius 2 is 2.11 bits per heavy atom. The third-order valence-corrected chi connectivity index (χ3v) is 2.20. The smallest absolute Gasteiger partial charge is 0.416 e. The molecule has 0 heterocycles. The van der Waals surface area contributed by atoms with E-state index in [4.69, 9.17) is 5.26 Å². The molecular weight excluding hydrogens is 247 g/mol. The number of carbonyl (C=O) groups is 1. The second-order valence-electron chi connectivity index (χ2n) is 3.46. The first-order valence-electron chi connectivity index (χ1n) is 5.14. The first kappa shape index (κ1) is 14.0. The molecule has 0 radical (unpaired) electrons. The molecule has 0 bridgehead atoms. The Kier molecular flexibility index (Phi) is 4.32. The first-order chi connectivity index (χ1) is 8.38. The quantitative estimate of drug-likeness (QED) is 0.782. The Morgan fingerprint density at radius 1 is 1.44 bits per heavy atom. The monoisotopic (exact) mass is 257 g/mol. The fourth-order valence-corrected chi connectivity index (χ4v) is 1.38. The highest BCUT2D eigenvalue weighted by Crippen LogP contribution is 2.30. The van der Waals surface area contributed by atoms with Crippen LogP contribution in [0.25, 0.3) is 0 Å². The summed E-state index contributed by atoms with van der Waals surface area (Å²) in [6.07, 6.45) is -4.72. The molecule has 0 aliphatic heterocycles. The van der Waals surface area contributed by atoms with E-state index in [0.717, 1.165) is 18.2 Å². The van der Waals surface area contributed by atoms with Gasteiger partial charge < -0.3 is 4.74 Å². The predicted molar refractivity (Wildman–Crippen MR) is 56.5 cm³/mol. The van der Waals surface area contributed by atoms with E-state index in [1.165, 1.54) is 0 Å². The van der Waals surface area contributed by atoms with Crippen LogP contribution in [0.5, 0.6) is 0 Å². The number of ether oxygens (including phenoxy) is 1. The van der Waals surface area contributed by atoms with Gasteiger partial charge in [0.25, 0.3) is 0 Å². The van der Waals surface area contributed by atoms with Gasteiger partial charge >= 0.3 is 12.1 Å². The summed E-state index contributed by atoms with van der Waals surface area (Å²) in [5, 5.41) is 8.78. The standard InChI is InChI=1S/C12H10F3NO2/c1-2-18-11(17)6-8-3-4-10(12(13,14)15)5-9(8)7-16/h3-5H,2,6H2,1H3. The number of esters is 1. The van der Waals surface area contributed by atoms with Gasteiger partial charge in [-0.3, -0.25) is 4.79 Å². The lowest BCUT2D eigenvalue weighted by atomic mass is 10.0. The molecule has 1 rings (SSSR count). The summed E-state index contributed by atoms with van der Waals surface area (Å²) in [7, 11) is 0. The van der Waals surface area contributed by atoms with Crippen molar-refractivity contribution in [1.82, 2.24) is 0 Å². The van der Waals surface area contributed by atoms with E-state index in [0.29, 0.717) is 0 Å². The molecule has 0 atom stereocenters. The largest absolute Gasteiger partial charge is 0.466 e. The topological polar surface area (TPSA) is 50.1 Å². The van der Waals surface area contributed by atoms with Gasteiger partial charge in [-0.2, -0.15) is 18.4 Å². The second kappa shape index (κ2) is 5.54. The van der Waals surface area contributed by atoms with Crippen LogP contribution >= 0.6 is 0 Å². The minimum absolute atomic E-state index is 0.169. The highest BCUT2D eigenvalue weighted by atomic mass is 19.4. The number of hydrogen-bond acceptors (Lipinski definition) is 3. The number of hydrogen-bond donors (Lipinski definition) is 0. The highest BCUT2D eigenvalue weighted by molar-refractivity contribution is 5.73. The van der Waals surface area contributed by atoms with E-state index < -0.39 is 17.7 Å². The van der Waals surface area contributed by atoms with Crippen molar-refractivity contribution in [2.24, 2.45) is 0 Å². The van der Waals surface area contributed by atoms with E-state index in [-0.39, 0.29) is 24.2 Å².